The molecule has 0 saturated heterocycles. The number of nitrogens with zero attached hydrogens (tertiary/aromatic N) is 1. The molecule has 0 unspecified atom stereocenters. The number of hydrogen-bond donors (Lipinski definition) is 0. The minimum absolute atomic E-state index is 1.05. The molecule has 0 saturated carbocycles. The van der Waals surface area contributed by atoms with Gasteiger partial charge in [0.2, 0.25) is 0 Å². The Morgan fingerprint density at radius 1 is 0.818 bits per heavy atom. The van der Waals surface area contributed by atoms with E-state index in [4.69, 9.17) is 0 Å². The molecule has 0 aliphatic carbocycles. The first kappa shape index (κ1) is 21.6. The number of aliphatic imine (C=N–C) groups is 1. The normalized spacial score (nSPS) is 12.1. The van der Waals surface area contributed by atoms with Gasteiger partial charge in [0.25, 0.3) is 0 Å². The van der Waals surface area contributed by atoms with Gasteiger partial charge in [-0.05, 0) is 25.1 Å². The first-order valence-corrected chi connectivity index (χ1v) is 12.7. The molecular formula is C20H41NSi. The van der Waals surface area contributed by atoms with Crippen molar-refractivity contribution in [3.8, 4) is 0 Å². The zero-order valence-corrected chi connectivity index (χ0v) is 16.7. The Labute approximate surface area is 141 Å². The lowest BCUT2D eigenvalue weighted by Crippen LogP contribution is -2.32. The highest BCUT2D eigenvalue weighted by Crippen LogP contribution is 2.30. The average molecular weight is 324 g/mol. The molecule has 0 bridgehead atoms. The zero-order chi connectivity index (χ0) is 16.5. The highest BCUT2D eigenvalue weighted by molar-refractivity contribution is 6.80. The maximum absolute atomic E-state index is 4.64. The van der Waals surface area contributed by atoms with Gasteiger partial charge in [0, 0.05) is 6.54 Å². The van der Waals surface area contributed by atoms with Crippen LogP contribution in [0, 0.1) is 0 Å². The molecule has 0 atom stereocenters. The van der Waals surface area contributed by atoms with E-state index in [2.05, 4.69) is 44.6 Å². The van der Waals surface area contributed by atoms with Gasteiger partial charge in [-0.3, -0.25) is 4.99 Å². The predicted octanol–water partition coefficient (Wildman–Crippen LogP) is 7.26. The molecule has 0 fully saturated rings. The van der Waals surface area contributed by atoms with Crippen LogP contribution in [-0.4, -0.2) is 20.8 Å². The van der Waals surface area contributed by atoms with Crippen LogP contribution in [-0.2, 0) is 0 Å². The molecule has 0 aromatic heterocycles. The second-order valence-corrected chi connectivity index (χ2v) is 11.8. The Morgan fingerprint density at radius 3 is 2.05 bits per heavy atom. The van der Waals surface area contributed by atoms with E-state index in [1.807, 2.05) is 0 Å². The Hall–Kier alpha value is -0.373. The van der Waals surface area contributed by atoms with E-state index in [1.54, 1.807) is 0 Å². The van der Waals surface area contributed by atoms with Crippen LogP contribution in [0.15, 0.2) is 17.6 Å². The van der Waals surface area contributed by atoms with Crippen LogP contribution >= 0.6 is 0 Å². The van der Waals surface area contributed by atoms with Gasteiger partial charge in [0.05, 0.1) is 8.07 Å². The summed E-state index contributed by atoms with van der Waals surface area (Å²) in [7, 11) is -1.10. The molecule has 22 heavy (non-hydrogen) atoms. The molecule has 0 radical (unpaired) electrons. The van der Waals surface area contributed by atoms with Crippen molar-refractivity contribution in [3.63, 3.8) is 0 Å². The summed E-state index contributed by atoms with van der Waals surface area (Å²) in [5, 5.41) is 0. The van der Waals surface area contributed by atoms with Crippen LogP contribution in [0.3, 0.4) is 0 Å². The van der Waals surface area contributed by atoms with Crippen LogP contribution in [0.4, 0.5) is 0 Å². The summed E-state index contributed by atoms with van der Waals surface area (Å²) in [5.41, 5.74) is 0. The topological polar surface area (TPSA) is 12.4 Å². The summed E-state index contributed by atoms with van der Waals surface area (Å²) >= 11 is 0. The van der Waals surface area contributed by atoms with Gasteiger partial charge in [-0.15, -0.1) is 6.58 Å². The third kappa shape index (κ3) is 11.2. The van der Waals surface area contributed by atoms with Crippen molar-refractivity contribution in [3.05, 3.63) is 12.7 Å². The van der Waals surface area contributed by atoms with E-state index in [0.717, 1.165) is 6.54 Å². The lowest BCUT2D eigenvalue weighted by Gasteiger charge is -2.30. The molecule has 0 amide bonds. The van der Waals surface area contributed by atoms with Crippen molar-refractivity contribution in [1.29, 1.82) is 0 Å². The molecule has 0 aromatic rings. The van der Waals surface area contributed by atoms with Crippen molar-refractivity contribution in [2.24, 2.45) is 4.99 Å². The fraction of sp³-hybridized carbons (Fsp3) is 0.850. The van der Waals surface area contributed by atoms with Crippen LogP contribution in [0.25, 0.3) is 0 Å². The number of unbranched alkanes of at least 4 members (excludes halogenated alkanes) is 5. The maximum Gasteiger partial charge on any atom is 0.0576 e. The quantitative estimate of drug-likeness (QED) is 0.123. The van der Waals surface area contributed by atoms with Crippen LogP contribution in [0.5, 0.6) is 0 Å². The second kappa shape index (κ2) is 15.5. The van der Waals surface area contributed by atoms with Crippen molar-refractivity contribution >= 4 is 14.3 Å². The van der Waals surface area contributed by atoms with E-state index in [-0.39, 0.29) is 0 Å². The van der Waals surface area contributed by atoms with Crippen molar-refractivity contribution in [1.82, 2.24) is 0 Å². The summed E-state index contributed by atoms with van der Waals surface area (Å²) in [4.78, 5) is 4.64. The Bertz CT molecular complexity index is 267. The van der Waals surface area contributed by atoms with Crippen LogP contribution < -0.4 is 0 Å². The van der Waals surface area contributed by atoms with E-state index in [1.165, 1.54) is 82.0 Å². The molecule has 0 rings (SSSR count). The van der Waals surface area contributed by atoms with Gasteiger partial charge < -0.3 is 0 Å². The third-order valence-corrected chi connectivity index (χ3v) is 10.3. The zero-order valence-electron chi connectivity index (χ0n) is 15.7. The van der Waals surface area contributed by atoms with E-state index in [9.17, 15) is 0 Å². The van der Waals surface area contributed by atoms with Gasteiger partial charge >= 0.3 is 0 Å². The summed E-state index contributed by atoms with van der Waals surface area (Å²) in [6, 6.07) is 5.66. The number of allylic oxidation sites excluding steroid dienone is 1. The number of rotatable bonds is 16. The van der Waals surface area contributed by atoms with Gasteiger partial charge in [-0.2, -0.15) is 0 Å². The van der Waals surface area contributed by atoms with E-state index in [0.29, 0.717) is 0 Å². The Morgan fingerprint density at radius 2 is 1.45 bits per heavy atom. The first-order valence-electron chi connectivity index (χ1n) is 9.83. The monoisotopic (exact) mass is 323 g/mol. The lowest BCUT2D eigenvalue weighted by atomic mass is 10.1. The molecule has 0 aliphatic heterocycles. The number of hydrogen-bond acceptors (Lipinski definition) is 1. The van der Waals surface area contributed by atoms with Crippen molar-refractivity contribution in [2.45, 2.75) is 103 Å². The molecule has 2 heteroatoms. The van der Waals surface area contributed by atoms with Gasteiger partial charge in [-0.25, -0.2) is 0 Å². The minimum Gasteiger partial charge on any atom is -0.298 e. The van der Waals surface area contributed by atoms with E-state index < -0.39 is 8.07 Å². The van der Waals surface area contributed by atoms with E-state index >= 15 is 0 Å². The van der Waals surface area contributed by atoms with Crippen molar-refractivity contribution in [2.75, 3.05) is 6.54 Å². The van der Waals surface area contributed by atoms with Gasteiger partial charge in [-0.1, -0.05) is 89.9 Å². The fourth-order valence-electron chi connectivity index (χ4n) is 3.58. The molecule has 1 nitrogen and oxygen atoms in total. The Kier molecular flexibility index (Phi) is 15.3. The van der Waals surface area contributed by atoms with Gasteiger partial charge in [0.15, 0.2) is 0 Å². The minimum atomic E-state index is -1.10. The fourth-order valence-corrected chi connectivity index (χ4v) is 8.42. The van der Waals surface area contributed by atoms with Gasteiger partial charge in [0.1, 0.15) is 0 Å². The summed E-state index contributed by atoms with van der Waals surface area (Å²) in [6.45, 7) is 12.0. The average Bonchev–Trinajstić information content (AvgIpc) is 2.50. The molecule has 130 valence electrons. The third-order valence-electron chi connectivity index (χ3n) is 4.71. The van der Waals surface area contributed by atoms with Crippen LogP contribution in [0.2, 0.25) is 24.2 Å². The smallest absolute Gasteiger partial charge is 0.0576 e. The molecule has 0 spiro atoms. The predicted molar refractivity (Wildman–Crippen MR) is 107 cm³/mol. The molecule has 0 aromatic carbocycles. The second-order valence-electron chi connectivity index (χ2n) is 6.89. The molecule has 0 aliphatic rings. The SMILES string of the molecule is C=CC[Si](CCC)(CCC)CCC=NCCCCCCCC. The van der Waals surface area contributed by atoms with Crippen LogP contribution in [0.1, 0.15) is 78.6 Å². The Balaban J connectivity index is 3.90. The molecule has 0 N–H and O–H groups in total. The maximum atomic E-state index is 4.64. The highest BCUT2D eigenvalue weighted by Gasteiger charge is 2.28. The summed E-state index contributed by atoms with van der Waals surface area (Å²) < 4.78 is 0. The summed E-state index contributed by atoms with van der Waals surface area (Å²) in [5.74, 6) is 0. The largest absolute Gasteiger partial charge is 0.298 e. The molecule has 0 heterocycles. The highest BCUT2D eigenvalue weighted by atomic mass is 28.3. The lowest BCUT2D eigenvalue weighted by molar-refractivity contribution is 0.612. The first-order chi connectivity index (χ1) is 10.7. The standard InChI is InChI=1S/C20H41NSi/c1-5-9-10-11-12-13-15-21-16-14-20-22(17-6-2,18-7-3)19-8-4/h6,16H,2,5,7-15,17-20H2,1,3-4H3. The summed E-state index contributed by atoms with van der Waals surface area (Å²) in [6.07, 6.45) is 16.5. The van der Waals surface area contributed by atoms with Crippen molar-refractivity contribution < 1.29 is 0 Å². The molecular weight excluding hydrogens is 282 g/mol.